The highest BCUT2D eigenvalue weighted by atomic mass is 79.9. The lowest BCUT2D eigenvalue weighted by molar-refractivity contribution is -0.215. The van der Waals surface area contributed by atoms with Gasteiger partial charge in [0.25, 0.3) is 0 Å². The molecule has 6 rings (SSSR count). The summed E-state index contributed by atoms with van der Waals surface area (Å²) in [6.07, 6.45) is 7.79. The smallest absolute Gasteiger partial charge is 0.246 e. The number of nitrogens with zero attached hydrogens (tertiary/aromatic N) is 2. The molecule has 0 unspecified atom stereocenters. The van der Waals surface area contributed by atoms with Crippen LogP contribution < -0.4 is 4.74 Å². The first-order valence-electron chi connectivity index (χ1n) is 12.1. The van der Waals surface area contributed by atoms with E-state index in [9.17, 15) is 15.0 Å². The fraction of sp³-hybridized carbons (Fsp3) is 0.444. The summed E-state index contributed by atoms with van der Waals surface area (Å²) in [5, 5.41) is 25.6. The number of hydrogen-bond acceptors (Lipinski definition) is 6. The van der Waals surface area contributed by atoms with Crippen molar-refractivity contribution in [3.8, 4) is 11.5 Å². The van der Waals surface area contributed by atoms with Crippen LogP contribution in [0.2, 0.25) is 0 Å². The molecule has 2 N–H and O–H groups in total. The topological polar surface area (TPSA) is 73.2 Å². The van der Waals surface area contributed by atoms with E-state index in [1.54, 1.807) is 35.4 Å². The molecule has 1 spiro atoms. The highest BCUT2D eigenvalue weighted by Gasteiger charge is 2.74. The first kappa shape index (κ1) is 23.3. The maximum absolute atomic E-state index is 13.4. The maximum Gasteiger partial charge on any atom is 0.246 e. The number of piperidine rings is 1. The summed E-state index contributed by atoms with van der Waals surface area (Å²) in [5.41, 5.74) is 0.218. The van der Waals surface area contributed by atoms with Crippen LogP contribution in [0.4, 0.5) is 0 Å². The van der Waals surface area contributed by atoms with Crippen LogP contribution in [0.5, 0.6) is 11.5 Å². The zero-order valence-electron chi connectivity index (χ0n) is 19.6. The van der Waals surface area contributed by atoms with Crippen LogP contribution in [0, 0.1) is 0 Å². The molecule has 35 heavy (non-hydrogen) atoms. The first-order chi connectivity index (χ1) is 16.8. The Morgan fingerprint density at radius 3 is 3.00 bits per heavy atom. The Balaban J connectivity index is 1.44. The predicted octanol–water partition coefficient (Wildman–Crippen LogP) is 4.10. The molecule has 2 aliphatic heterocycles. The van der Waals surface area contributed by atoms with Crippen LogP contribution >= 0.6 is 27.3 Å². The number of likely N-dealkylation sites (tertiary alicyclic amines) is 1. The first-order valence-corrected chi connectivity index (χ1v) is 13.8. The van der Waals surface area contributed by atoms with Gasteiger partial charge in [0, 0.05) is 46.0 Å². The number of likely N-dealkylation sites (N-methyl/N-ethyl adjacent to an activating group) is 1. The van der Waals surface area contributed by atoms with Crippen molar-refractivity contribution < 1.29 is 19.7 Å². The van der Waals surface area contributed by atoms with Crippen LogP contribution in [-0.4, -0.2) is 69.8 Å². The molecule has 1 aromatic carbocycles. The lowest BCUT2D eigenvalue weighted by atomic mass is 9.47. The molecule has 1 aromatic heterocycles. The van der Waals surface area contributed by atoms with Gasteiger partial charge in [0.1, 0.15) is 11.7 Å². The fourth-order valence-electron chi connectivity index (χ4n) is 7.35. The number of halogens is 1. The molecule has 3 heterocycles. The molecule has 5 atom stereocenters. The molecular formula is C27H29BrN2O4S. The van der Waals surface area contributed by atoms with E-state index >= 15 is 0 Å². The number of carbonyl (C=O) groups is 1. The number of aromatic hydroxyl groups is 1. The van der Waals surface area contributed by atoms with Gasteiger partial charge in [0.2, 0.25) is 5.91 Å². The Morgan fingerprint density at radius 1 is 1.43 bits per heavy atom. The van der Waals surface area contributed by atoms with Gasteiger partial charge >= 0.3 is 0 Å². The molecule has 4 aliphatic rings. The standard InChI is InChI=1S/C27H29BrN2O4S/c1-3-11-30-12-10-26-22-8-7-20(29(2)23(32)9-5-18-14-17(28)15-35-18)27(26,33)21(30)13-16-4-6-19(31)25(34-22)24(16)26/h3-6,9,14-15,20-22,31,33H,1,7-8,10-13H2,2H3/b9-5+/t20-,21+,22-,26+,27+/m0/s1. The number of ether oxygens (including phenoxy) is 1. The summed E-state index contributed by atoms with van der Waals surface area (Å²) in [4.78, 5) is 18.4. The lowest BCUT2D eigenvalue weighted by Gasteiger charge is -2.66. The molecule has 0 radical (unpaired) electrons. The second kappa shape index (κ2) is 8.20. The number of amides is 1. The normalized spacial score (nSPS) is 32.8. The number of rotatable bonds is 5. The highest BCUT2D eigenvalue weighted by Crippen LogP contribution is 2.65. The van der Waals surface area contributed by atoms with E-state index in [1.165, 1.54) is 0 Å². The van der Waals surface area contributed by atoms with Crippen LogP contribution in [0.3, 0.4) is 0 Å². The number of benzene rings is 1. The van der Waals surface area contributed by atoms with Gasteiger partial charge in [-0.25, -0.2) is 0 Å². The number of thiophene rings is 1. The Hall–Kier alpha value is -2.13. The van der Waals surface area contributed by atoms with Gasteiger partial charge in [-0.1, -0.05) is 12.1 Å². The Labute approximate surface area is 217 Å². The monoisotopic (exact) mass is 556 g/mol. The van der Waals surface area contributed by atoms with Crippen molar-refractivity contribution in [2.75, 3.05) is 20.1 Å². The second-order valence-corrected chi connectivity index (χ2v) is 12.0. The maximum atomic E-state index is 13.4. The minimum atomic E-state index is -1.21. The predicted molar refractivity (Wildman–Crippen MR) is 140 cm³/mol. The average molecular weight is 558 g/mol. The van der Waals surface area contributed by atoms with Gasteiger partial charge in [-0.2, -0.15) is 0 Å². The molecule has 6 nitrogen and oxygen atoms in total. The second-order valence-electron chi connectivity index (χ2n) is 10.1. The minimum absolute atomic E-state index is 0.128. The van der Waals surface area contributed by atoms with Gasteiger partial charge in [-0.15, -0.1) is 17.9 Å². The van der Waals surface area contributed by atoms with Crippen LogP contribution in [0.1, 0.15) is 35.3 Å². The van der Waals surface area contributed by atoms with Crippen LogP contribution in [0.25, 0.3) is 6.08 Å². The van der Waals surface area contributed by atoms with E-state index in [2.05, 4.69) is 27.4 Å². The summed E-state index contributed by atoms with van der Waals surface area (Å²) in [6, 6.07) is 5.10. The molecule has 2 aromatic rings. The SMILES string of the molecule is C=CCN1CC[C@]23c4c5ccc(O)c4O[C@H]2CC[C@H](N(C)C(=O)/C=C/c2cc(Br)cs2)[C@@]3(O)[C@H]1C5. The third-order valence-corrected chi connectivity index (χ3v) is 10.4. The minimum Gasteiger partial charge on any atom is -0.504 e. The van der Waals surface area contributed by atoms with Crippen molar-refractivity contribution in [3.05, 3.63) is 62.8 Å². The lowest BCUT2D eigenvalue weighted by Crippen LogP contribution is -2.81. The van der Waals surface area contributed by atoms with Crippen molar-refractivity contribution in [2.24, 2.45) is 0 Å². The van der Waals surface area contributed by atoms with Gasteiger partial charge < -0.3 is 19.8 Å². The molecule has 184 valence electrons. The van der Waals surface area contributed by atoms with Gasteiger partial charge in [-0.05, 0) is 71.9 Å². The molecule has 1 saturated heterocycles. The molecule has 8 heteroatoms. The summed E-state index contributed by atoms with van der Waals surface area (Å²) in [5.74, 6) is 0.532. The zero-order chi connectivity index (χ0) is 24.5. The van der Waals surface area contributed by atoms with Crippen molar-refractivity contribution in [1.82, 2.24) is 9.80 Å². The van der Waals surface area contributed by atoms with Crippen LogP contribution in [0.15, 0.2) is 46.8 Å². The van der Waals surface area contributed by atoms with Gasteiger partial charge in [-0.3, -0.25) is 9.69 Å². The van der Waals surface area contributed by atoms with Crippen molar-refractivity contribution in [1.29, 1.82) is 0 Å². The van der Waals surface area contributed by atoms with E-state index in [0.717, 1.165) is 27.0 Å². The van der Waals surface area contributed by atoms with E-state index in [-0.39, 0.29) is 29.8 Å². The zero-order valence-corrected chi connectivity index (χ0v) is 22.0. The Bertz CT molecular complexity index is 1240. The van der Waals surface area contributed by atoms with Crippen molar-refractivity contribution in [2.45, 2.75) is 54.9 Å². The summed E-state index contributed by atoms with van der Waals surface area (Å²) >= 11 is 5.02. The molecule has 2 fully saturated rings. The van der Waals surface area contributed by atoms with E-state index < -0.39 is 11.0 Å². The summed E-state index contributed by atoms with van der Waals surface area (Å²) in [7, 11) is 1.80. The van der Waals surface area contributed by atoms with E-state index in [1.807, 2.05) is 29.7 Å². The Kier molecular flexibility index (Phi) is 5.45. The van der Waals surface area contributed by atoms with Crippen molar-refractivity contribution in [3.63, 3.8) is 0 Å². The quantitative estimate of drug-likeness (QED) is 0.428. The number of carbonyl (C=O) groups excluding carboxylic acids is 1. The molecule has 2 bridgehead atoms. The number of phenols is 1. The molecule has 1 amide bonds. The molecule has 1 saturated carbocycles. The largest absolute Gasteiger partial charge is 0.504 e. The van der Waals surface area contributed by atoms with E-state index in [0.29, 0.717) is 38.0 Å². The highest BCUT2D eigenvalue weighted by molar-refractivity contribution is 9.10. The van der Waals surface area contributed by atoms with Crippen molar-refractivity contribution >= 4 is 39.2 Å². The van der Waals surface area contributed by atoms with E-state index in [4.69, 9.17) is 4.74 Å². The summed E-state index contributed by atoms with van der Waals surface area (Å²) < 4.78 is 7.39. The van der Waals surface area contributed by atoms with Gasteiger partial charge in [0.15, 0.2) is 11.5 Å². The number of hydrogen-bond donors (Lipinski definition) is 2. The Morgan fingerprint density at radius 2 is 2.26 bits per heavy atom. The number of phenolic OH excluding ortho intramolecular Hbond substituents is 1. The third-order valence-electron chi connectivity index (χ3n) is 8.72. The van der Waals surface area contributed by atoms with Gasteiger partial charge in [0.05, 0.1) is 11.5 Å². The molecule has 2 aliphatic carbocycles. The number of aliphatic hydroxyl groups is 1. The fourth-order valence-corrected chi connectivity index (χ4v) is 8.69. The third kappa shape index (κ3) is 3.09. The van der Waals surface area contributed by atoms with Crippen LogP contribution in [-0.2, 0) is 16.6 Å². The average Bonchev–Trinajstić information content (AvgIpc) is 3.40. The molecular weight excluding hydrogens is 528 g/mol. The summed E-state index contributed by atoms with van der Waals surface area (Å²) in [6.45, 7) is 5.43.